The van der Waals surface area contributed by atoms with Crippen molar-refractivity contribution in [2.24, 2.45) is 5.73 Å². The van der Waals surface area contributed by atoms with Gasteiger partial charge in [0.25, 0.3) is 5.91 Å². The zero-order valence-electron chi connectivity index (χ0n) is 21.7. The number of rotatable bonds is 9. The van der Waals surface area contributed by atoms with E-state index in [0.29, 0.717) is 11.6 Å². The second kappa shape index (κ2) is 11.1. The number of piperidine rings is 1. The van der Waals surface area contributed by atoms with Crippen LogP contribution >= 0.6 is 0 Å². The van der Waals surface area contributed by atoms with E-state index in [4.69, 9.17) is 10.5 Å². The first-order valence-corrected chi connectivity index (χ1v) is 13.0. The topological polar surface area (TPSA) is 108 Å². The highest BCUT2D eigenvalue weighted by atomic mass is 19.1. The van der Waals surface area contributed by atoms with Gasteiger partial charge in [0, 0.05) is 5.39 Å². The number of benzene rings is 2. The highest BCUT2D eigenvalue weighted by molar-refractivity contribution is 6.02. The van der Waals surface area contributed by atoms with Crippen molar-refractivity contribution < 1.29 is 13.9 Å². The maximum absolute atomic E-state index is 14.2. The third-order valence-electron chi connectivity index (χ3n) is 7.17. The number of nitrogens with one attached hydrogen (secondary N) is 3. The summed E-state index contributed by atoms with van der Waals surface area (Å²) in [6.45, 7) is 5.67. The summed E-state index contributed by atoms with van der Waals surface area (Å²) in [5, 5.41) is 7.35. The molecule has 4 aromatic rings. The summed E-state index contributed by atoms with van der Waals surface area (Å²) in [7, 11) is 1.68. The molecule has 0 saturated carbocycles. The zero-order valence-corrected chi connectivity index (χ0v) is 21.7. The first-order chi connectivity index (χ1) is 18.5. The Balaban J connectivity index is 1.37. The van der Waals surface area contributed by atoms with Crippen molar-refractivity contribution in [3.63, 3.8) is 0 Å². The van der Waals surface area contributed by atoms with Crippen molar-refractivity contribution in [2.75, 3.05) is 37.4 Å². The van der Waals surface area contributed by atoms with Gasteiger partial charge < -0.3 is 31.0 Å². The quantitative estimate of drug-likeness (QED) is 0.221. The van der Waals surface area contributed by atoms with Crippen LogP contribution in [0.15, 0.2) is 54.9 Å². The normalized spacial score (nSPS) is 14.5. The second-order valence-corrected chi connectivity index (χ2v) is 9.68. The zero-order chi connectivity index (χ0) is 26.6. The van der Waals surface area contributed by atoms with Crippen LogP contribution in [0, 0.1) is 5.82 Å². The summed E-state index contributed by atoms with van der Waals surface area (Å²) in [6, 6.07) is 12.6. The van der Waals surface area contributed by atoms with E-state index in [2.05, 4.69) is 50.6 Å². The van der Waals surface area contributed by atoms with Gasteiger partial charge in [-0.1, -0.05) is 19.1 Å². The Hall–Kier alpha value is -4.11. The molecule has 0 bridgehead atoms. The molecule has 1 fully saturated rings. The first-order valence-electron chi connectivity index (χ1n) is 13.0. The largest absolute Gasteiger partial charge is 0.495 e. The van der Waals surface area contributed by atoms with E-state index in [9.17, 15) is 9.18 Å². The SMILES string of the molecule is CCCN1CCC(c2ccc(Nc3cc4c(Nc5cccc(F)c5C(N)=O)cncc4[nH]3)c(OC)c2)CC1. The Morgan fingerprint density at radius 3 is 2.68 bits per heavy atom. The van der Waals surface area contributed by atoms with Gasteiger partial charge in [0.15, 0.2) is 0 Å². The van der Waals surface area contributed by atoms with E-state index < -0.39 is 11.7 Å². The molecule has 0 radical (unpaired) electrons. The summed E-state index contributed by atoms with van der Waals surface area (Å²) in [5.74, 6) is 0.529. The minimum atomic E-state index is -0.843. The lowest BCUT2D eigenvalue weighted by Crippen LogP contribution is -2.33. The second-order valence-electron chi connectivity index (χ2n) is 9.68. The van der Waals surface area contributed by atoms with Crippen LogP contribution < -0.4 is 21.1 Å². The number of nitrogens with two attached hydrogens (primary N) is 1. The third kappa shape index (κ3) is 5.28. The highest BCUT2D eigenvalue weighted by Gasteiger charge is 2.21. The maximum atomic E-state index is 14.2. The molecular formula is C29H33FN6O2. The van der Waals surface area contributed by atoms with Crippen LogP contribution in [0.1, 0.15) is 48.0 Å². The van der Waals surface area contributed by atoms with Crippen LogP contribution in [-0.4, -0.2) is 47.5 Å². The number of H-pyrrole nitrogens is 1. The van der Waals surface area contributed by atoms with Crippen LogP contribution in [-0.2, 0) is 0 Å². The number of nitrogens with zero attached hydrogens (tertiary/aromatic N) is 2. The Morgan fingerprint density at radius 2 is 1.95 bits per heavy atom. The van der Waals surface area contributed by atoms with Gasteiger partial charge in [0.1, 0.15) is 17.4 Å². The molecule has 1 amide bonds. The number of fused-ring (bicyclic) bond motifs is 1. The Bertz CT molecular complexity index is 1440. The molecule has 0 unspecified atom stereocenters. The third-order valence-corrected chi connectivity index (χ3v) is 7.17. The number of carbonyl (C=O) groups excluding carboxylic acids is 1. The van der Waals surface area contributed by atoms with Crippen molar-refractivity contribution in [1.82, 2.24) is 14.9 Å². The van der Waals surface area contributed by atoms with E-state index in [-0.39, 0.29) is 11.3 Å². The fraction of sp³-hybridized carbons (Fsp3) is 0.310. The number of hydrogen-bond acceptors (Lipinski definition) is 6. The Kier molecular flexibility index (Phi) is 7.46. The van der Waals surface area contributed by atoms with Gasteiger partial charge in [-0.3, -0.25) is 9.78 Å². The summed E-state index contributed by atoms with van der Waals surface area (Å²) in [5.41, 5.74) is 9.01. The molecular weight excluding hydrogens is 483 g/mol. The molecule has 3 heterocycles. The van der Waals surface area contributed by atoms with Gasteiger partial charge >= 0.3 is 0 Å². The predicted octanol–water partition coefficient (Wildman–Crippen LogP) is 5.89. The molecule has 9 heteroatoms. The highest BCUT2D eigenvalue weighted by Crippen LogP contribution is 2.36. The fourth-order valence-corrected chi connectivity index (χ4v) is 5.26. The minimum absolute atomic E-state index is 0.195. The molecule has 1 aliphatic heterocycles. The number of pyridine rings is 1. The number of primary amides is 1. The fourth-order valence-electron chi connectivity index (χ4n) is 5.26. The summed E-state index contributed by atoms with van der Waals surface area (Å²) < 4.78 is 20.0. The summed E-state index contributed by atoms with van der Waals surface area (Å²) >= 11 is 0. The predicted molar refractivity (Wildman–Crippen MR) is 149 cm³/mol. The van der Waals surface area contributed by atoms with Gasteiger partial charge in [-0.25, -0.2) is 4.39 Å². The maximum Gasteiger partial charge on any atom is 0.253 e. The van der Waals surface area contributed by atoms with Crippen LogP contribution in [0.5, 0.6) is 5.75 Å². The van der Waals surface area contributed by atoms with Crippen LogP contribution in [0.25, 0.3) is 10.9 Å². The molecule has 0 atom stereocenters. The van der Waals surface area contributed by atoms with Crippen LogP contribution in [0.4, 0.5) is 27.3 Å². The molecule has 5 N–H and O–H groups in total. The molecule has 0 spiro atoms. The number of aromatic amines is 1. The van der Waals surface area contributed by atoms with Gasteiger partial charge in [0.2, 0.25) is 0 Å². The van der Waals surface area contributed by atoms with Crippen molar-refractivity contribution in [3.8, 4) is 5.75 Å². The van der Waals surface area contributed by atoms with Gasteiger partial charge in [0.05, 0.1) is 47.6 Å². The molecule has 2 aromatic heterocycles. The number of aromatic nitrogens is 2. The molecule has 1 saturated heterocycles. The van der Waals surface area contributed by atoms with Crippen molar-refractivity contribution in [1.29, 1.82) is 0 Å². The summed E-state index contributed by atoms with van der Waals surface area (Å²) in [6.07, 6.45) is 6.83. The van der Waals surface area contributed by atoms with Gasteiger partial charge in [-0.15, -0.1) is 0 Å². The van der Waals surface area contributed by atoms with E-state index in [0.717, 1.165) is 54.1 Å². The summed E-state index contributed by atoms with van der Waals surface area (Å²) in [4.78, 5) is 22.0. The molecule has 1 aliphatic rings. The number of halogens is 1. The number of likely N-dealkylation sites (tertiary alicyclic amines) is 1. The minimum Gasteiger partial charge on any atom is -0.495 e. The van der Waals surface area contributed by atoms with Crippen molar-refractivity contribution >= 4 is 39.7 Å². The molecule has 198 valence electrons. The lowest BCUT2D eigenvalue weighted by Gasteiger charge is -2.32. The molecule has 38 heavy (non-hydrogen) atoms. The Labute approximate surface area is 221 Å². The van der Waals surface area contributed by atoms with Crippen molar-refractivity contribution in [3.05, 3.63) is 71.8 Å². The van der Waals surface area contributed by atoms with E-state index >= 15 is 0 Å². The van der Waals surface area contributed by atoms with Crippen LogP contribution in [0.2, 0.25) is 0 Å². The Morgan fingerprint density at radius 1 is 1.13 bits per heavy atom. The smallest absolute Gasteiger partial charge is 0.253 e. The van der Waals surface area contributed by atoms with E-state index in [1.54, 1.807) is 25.6 Å². The monoisotopic (exact) mass is 516 g/mol. The number of ether oxygens (including phenoxy) is 1. The number of anilines is 4. The lowest BCUT2D eigenvalue weighted by molar-refractivity contribution is 0.0997. The first kappa shape index (κ1) is 25.5. The molecule has 5 rings (SSSR count). The molecule has 2 aromatic carbocycles. The average Bonchev–Trinajstić information content (AvgIpc) is 3.33. The van der Waals surface area contributed by atoms with E-state index in [1.807, 2.05) is 6.07 Å². The number of hydrogen-bond donors (Lipinski definition) is 4. The standard InChI is InChI=1S/C29H33FN6O2/c1-3-11-36-12-9-18(10-13-36)19-7-8-22(26(14-19)38-2)34-27-15-20-24(16-32-17-25(20)35-27)33-23-6-4-5-21(30)28(23)29(31)37/h4-8,14-18,33-35H,3,9-13H2,1-2H3,(H2,31,37). The molecule has 8 nitrogen and oxygen atoms in total. The van der Waals surface area contributed by atoms with Gasteiger partial charge in [-0.2, -0.15) is 0 Å². The number of carbonyl (C=O) groups is 1. The number of amides is 1. The number of methoxy groups -OCH3 is 1. The average molecular weight is 517 g/mol. The van der Waals surface area contributed by atoms with E-state index in [1.165, 1.54) is 30.7 Å². The van der Waals surface area contributed by atoms with Gasteiger partial charge in [-0.05, 0) is 80.7 Å². The molecule has 0 aliphatic carbocycles. The van der Waals surface area contributed by atoms with Crippen LogP contribution in [0.3, 0.4) is 0 Å². The van der Waals surface area contributed by atoms with Crippen molar-refractivity contribution in [2.45, 2.75) is 32.1 Å². The lowest BCUT2D eigenvalue weighted by atomic mass is 9.89.